The fraction of sp³-hybridized carbons (Fsp3) is 0.160. The van der Waals surface area contributed by atoms with E-state index >= 15 is 0 Å². The van der Waals surface area contributed by atoms with Crippen LogP contribution < -0.4 is 15.4 Å². The van der Waals surface area contributed by atoms with Gasteiger partial charge in [-0.25, -0.2) is 4.39 Å². The number of anilines is 1. The molecule has 1 aliphatic heterocycles. The van der Waals surface area contributed by atoms with Crippen molar-refractivity contribution in [1.29, 1.82) is 0 Å². The van der Waals surface area contributed by atoms with Crippen LogP contribution >= 0.6 is 11.6 Å². The van der Waals surface area contributed by atoms with Gasteiger partial charge in [-0.2, -0.15) is 0 Å². The summed E-state index contributed by atoms with van der Waals surface area (Å²) in [6.07, 6.45) is 0.379. The highest BCUT2D eigenvalue weighted by atomic mass is 35.5. The molecule has 3 aromatic rings. The fourth-order valence-corrected chi connectivity index (χ4v) is 3.91. The van der Waals surface area contributed by atoms with Crippen molar-refractivity contribution in [3.8, 4) is 11.5 Å². The molecule has 0 aromatic heterocycles. The zero-order valence-corrected chi connectivity index (χ0v) is 17.8. The summed E-state index contributed by atoms with van der Waals surface area (Å²) in [5.41, 5.74) is 9.48. The van der Waals surface area contributed by atoms with Gasteiger partial charge in [-0.15, -0.1) is 0 Å². The lowest BCUT2D eigenvalue weighted by atomic mass is 9.98. The van der Waals surface area contributed by atoms with E-state index in [1.54, 1.807) is 24.0 Å². The second kappa shape index (κ2) is 8.44. The zero-order valence-electron chi connectivity index (χ0n) is 17.1. The molecule has 0 aliphatic carbocycles. The van der Waals surface area contributed by atoms with E-state index in [0.717, 1.165) is 16.8 Å². The van der Waals surface area contributed by atoms with Gasteiger partial charge in [0.2, 0.25) is 5.91 Å². The molecule has 1 aliphatic rings. The molecular formula is C25H22ClFN2O2. The van der Waals surface area contributed by atoms with Crippen molar-refractivity contribution in [3.05, 3.63) is 94.8 Å². The molecule has 1 heterocycles. The normalized spacial score (nSPS) is 15.9. The summed E-state index contributed by atoms with van der Waals surface area (Å²) < 4.78 is 19.3. The second-order valence-electron chi connectivity index (χ2n) is 7.68. The van der Waals surface area contributed by atoms with Crippen LogP contribution in [0, 0.1) is 12.7 Å². The van der Waals surface area contributed by atoms with E-state index < -0.39 is 0 Å². The standard InChI is InChI=1S/C25H22ClFN2O2/c1-15-10-20(27)7-9-23(15)31-24-12-18(6-8-22(24)26)19-13-25(30)29(14-19)21-5-3-4-17(11-21)16(2)28/h3-12,19H,2,13-14,28H2,1H3/t19-/m0/s1. The topological polar surface area (TPSA) is 55.6 Å². The van der Waals surface area contributed by atoms with Gasteiger partial charge >= 0.3 is 0 Å². The molecule has 0 saturated carbocycles. The Balaban J connectivity index is 1.58. The highest BCUT2D eigenvalue weighted by Gasteiger charge is 2.32. The Hall–Kier alpha value is -3.31. The Morgan fingerprint density at radius 3 is 2.71 bits per heavy atom. The number of hydrogen-bond acceptors (Lipinski definition) is 3. The lowest BCUT2D eigenvalue weighted by Crippen LogP contribution is -2.24. The van der Waals surface area contributed by atoms with Crippen molar-refractivity contribution in [3.63, 3.8) is 0 Å². The largest absolute Gasteiger partial charge is 0.456 e. The lowest BCUT2D eigenvalue weighted by molar-refractivity contribution is -0.117. The number of aryl methyl sites for hydroxylation is 1. The maximum Gasteiger partial charge on any atom is 0.227 e. The van der Waals surface area contributed by atoms with Gasteiger partial charge < -0.3 is 15.4 Å². The van der Waals surface area contributed by atoms with Crippen LogP contribution in [0.25, 0.3) is 5.70 Å². The smallest absolute Gasteiger partial charge is 0.227 e. The number of carbonyl (C=O) groups is 1. The first-order valence-electron chi connectivity index (χ1n) is 9.90. The second-order valence-corrected chi connectivity index (χ2v) is 8.09. The average Bonchev–Trinajstić information content (AvgIpc) is 3.13. The predicted molar refractivity (Wildman–Crippen MR) is 122 cm³/mol. The average molecular weight is 437 g/mol. The van der Waals surface area contributed by atoms with Crippen molar-refractivity contribution < 1.29 is 13.9 Å². The molecule has 0 radical (unpaired) electrons. The SMILES string of the molecule is C=C(N)c1cccc(N2C[C@@H](c3ccc(Cl)c(Oc4ccc(F)cc4C)c3)CC2=O)c1. The molecule has 4 nitrogen and oxygen atoms in total. The maximum atomic E-state index is 13.4. The molecule has 1 fully saturated rings. The summed E-state index contributed by atoms with van der Waals surface area (Å²) in [7, 11) is 0. The number of nitrogens with two attached hydrogens (primary N) is 1. The van der Waals surface area contributed by atoms with Crippen molar-refractivity contribution >= 4 is 28.9 Å². The summed E-state index contributed by atoms with van der Waals surface area (Å²) in [5.74, 6) is 0.712. The summed E-state index contributed by atoms with van der Waals surface area (Å²) in [6.45, 7) is 6.07. The van der Waals surface area contributed by atoms with Crippen LogP contribution in [0.4, 0.5) is 10.1 Å². The fourth-order valence-electron chi connectivity index (χ4n) is 3.75. The monoisotopic (exact) mass is 436 g/mol. The molecule has 0 unspecified atom stereocenters. The molecule has 1 amide bonds. The maximum absolute atomic E-state index is 13.4. The molecule has 158 valence electrons. The Morgan fingerprint density at radius 1 is 1.16 bits per heavy atom. The molecule has 0 spiro atoms. The van der Waals surface area contributed by atoms with E-state index in [1.165, 1.54) is 12.1 Å². The van der Waals surface area contributed by atoms with Gasteiger partial charge in [-0.3, -0.25) is 4.79 Å². The van der Waals surface area contributed by atoms with Gasteiger partial charge in [-0.05, 0) is 66.1 Å². The minimum atomic E-state index is -0.323. The molecule has 1 atom stereocenters. The molecule has 3 aromatic carbocycles. The third-order valence-corrected chi connectivity index (χ3v) is 5.75. The van der Waals surface area contributed by atoms with Gasteiger partial charge in [0.15, 0.2) is 0 Å². The van der Waals surface area contributed by atoms with Crippen molar-refractivity contribution in [2.24, 2.45) is 5.73 Å². The summed E-state index contributed by atoms with van der Waals surface area (Å²) >= 11 is 6.34. The van der Waals surface area contributed by atoms with Crippen LogP contribution in [-0.2, 0) is 4.79 Å². The molecule has 31 heavy (non-hydrogen) atoms. The number of ether oxygens (including phenoxy) is 1. The van der Waals surface area contributed by atoms with E-state index in [0.29, 0.717) is 40.7 Å². The minimum absolute atomic E-state index is 0.00818. The quantitative estimate of drug-likeness (QED) is 0.531. The van der Waals surface area contributed by atoms with E-state index in [-0.39, 0.29) is 17.6 Å². The molecule has 0 bridgehead atoms. The number of amides is 1. The van der Waals surface area contributed by atoms with Gasteiger partial charge in [-0.1, -0.05) is 36.4 Å². The Labute approximate surface area is 185 Å². The Kier molecular flexibility index (Phi) is 5.70. The summed E-state index contributed by atoms with van der Waals surface area (Å²) in [5, 5.41) is 0.447. The van der Waals surface area contributed by atoms with Gasteiger partial charge in [0.25, 0.3) is 0 Å². The first kappa shape index (κ1) is 20.9. The highest BCUT2D eigenvalue weighted by Crippen LogP contribution is 2.38. The summed E-state index contributed by atoms with van der Waals surface area (Å²) in [6, 6.07) is 17.3. The van der Waals surface area contributed by atoms with Crippen LogP contribution in [0.3, 0.4) is 0 Å². The molecule has 2 N–H and O–H groups in total. The molecule has 6 heteroatoms. The third-order valence-electron chi connectivity index (χ3n) is 5.44. The lowest BCUT2D eigenvalue weighted by Gasteiger charge is -2.18. The van der Waals surface area contributed by atoms with E-state index in [9.17, 15) is 9.18 Å². The first-order valence-corrected chi connectivity index (χ1v) is 10.3. The first-order chi connectivity index (χ1) is 14.8. The van der Waals surface area contributed by atoms with Crippen molar-refractivity contribution in [1.82, 2.24) is 0 Å². The number of benzene rings is 3. The highest BCUT2D eigenvalue weighted by molar-refractivity contribution is 6.32. The molecule has 4 rings (SSSR count). The van der Waals surface area contributed by atoms with Gasteiger partial charge in [0, 0.05) is 30.3 Å². The number of hydrogen-bond donors (Lipinski definition) is 1. The Morgan fingerprint density at radius 2 is 1.97 bits per heavy atom. The third kappa shape index (κ3) is 4.42. The van der Waals surface area contributed by atoms with Gasteiger partial charge in [0.1, 0.15) is 17.3 Å². The van der Waals surface area contributed by atoms with E-state index in [2.05, 4.69) is 6.58 Å². The Bertz CT molecular complexity index is 1180. The van der Waals surface area contributed by atoms with E-state index in [1.807, 2.05) is 36.4 Å². The molecular weight excluding hydrogens is 415 g/mol. The van der Waals surface area contributed by atoms with Crippen LogP contribution in [0.15, 0.2) is 67.2 Å². The number of rotatable bonds is 5. The zero-order chi connectivity index (χ0) is 22.1. The minimum Gasteiger partial charge on any atom is -0.456 e. The van der Waals surface area contributed by atoms with Crippen molar-refractivity contribution in [2.75, 3.05) is 11.4 Å². The summed E-state index contributed by atoms with van der Waals surface area (Å²) in [4.78, 5) is 14.5. The van der Waals surface area contributed by atoms with E-state index in [4.69, 9.17) is 22.1 Å². The van der Waals surface area contributed by atoms with Crippen LogP contribution in [-0.4, -0.2) is 12.5 Å². The van der Waals surface area contributed by atoms with Gasteiger partial charge in [0.05, 0.1) is 5.02 Å². The number of nitrogens with zero attached hydrogens (tertiary/aromatic N) is 1. The predicted octanol–water partition coefficient (Wildman–Crippen LogP) is 6.03. The van der Waals surface area contributed by atoms with Crippen LogP contribution in [0.2, 0.25) is 5.02 Å². The van der Waals surface area contributed by atoms with Crippen LogP contribution in [0.5, 0.6) is 11.5 Å². The van der Waals surface area contributed by atoms with Crippen LogP contribution in [0.1, 0.15) is 29.0 Å². The van der Waals surface area contributed by atoms with Crippen molar-refractivity contribution in [2.45, 2.75) is 19.3 Å². The number of carbonyl (C=O) groups excluding carboxylic acids is 1. The number of halogens is 2. The molecule has 1 saturated heterocycles.